The molecule has 2 amide bonds. The molecule has 0 bridgehead atoms. The Bertz CT molecular complexity index is 1160. The predicted octanol–water partition coefficient (Wildman–Crippen LogP) is 3.08. The van der Waals surface area contributed by atoms with Crippen LogP contribution in [0.25, 0.3) is 11.1 Å². The average molecular weight is 477 g/mol. The quantitative estimate of drug-likeness (QED) is 0.375. The molecule has 0 aliphatic heterocycles. The minimum atomic E-state index is -1.18. The van der Waals surface area contributed by atoms with Gasteiger partial charge in [0.05, 0.1) is 6.33 Å². The number of benzene rings is 2. The molecule has 1 heterocycles. The van der Waals surface area contributed by atoms with Gasteiger partial charge in [-0.2, -0.15) is 0 Å². The number of hydrogen-bond acceptors (Lipinski definition) is 5. The number of H-pyrrole nitrogens is 1. The normalized spacial score (nSPS) is 14.0. The molecule has 0 radical (unpaired) electrons. The molecule has 2 aromatic carbocycles. The number of aliphatic carboxylic acids is 1. The van der Waals surface area contributed by atoms with Crippen LogP contribution in [0.3, 0.4) is 0 Å². The van der Waals surface area contributed by atoms with Crippen molar-refractivity contribution >= 4 is 18.0 Å². The SMILES string of the molecule is CC(C)[C@H](NC(=O)OCC1c2ccccc2-c2ccccc21)C(=O)N[C@H](Cc1cnc[nH]1)C(=O)O. The van der Waals surface area contributed by atoms with Crippen molar-refractivity contribution in [2.45, 2.75) is 38.3 Å². The Morgan fingerprint density at radius 2 is 1.66 bits per heavy atom. The van der Waals surface area contributed by atoms with Gasteiger partial charge in [0, 0.05) is 24.2 Å². The van der Waals surface area contributed by atoms with Crippen molar-refractivity contribution in [3.63, 3.8) is 0 Å². The largest absolute Gasteiger partial charge is 0.480 e. The van der Waals surface area contributed by atoms with Crippen molar-refractivity contribution in [2.75, 3.05) is 6.61 Å². The van der Waals surface area contributed by atoms with E-state index in [0.29, 0.717) is 5.69 Å². The summed E-state index contributed by atoms with van der Waals surface area (Å²) >= 11 is 0. The van der Waals surface area contributed by atoms with Crippen LogP contribution in [0.15, 0.2) is 61.1 Å². The highest BCUT2D eigenvalue weighted by atomic mass is 16.5. The zero-order valence-electron chi connectivity index (χ0n) is 19.5. The molecule has 2 atom stereocenters. The third kappa shape index (κ3) is 5.34. The minimum absolute atomic E-state index is 0.0385. The van der Waals surface area contributed by atoms with Crippen LogP contribution in [-0.2, 0) is 20.7 Å². The maximum Gasteiger partial charge on any atom is 0.407 e. The van der Waals surface area contributed by atoms with Crippen LogP contribution in [0.4, 0.5) is 4.79 Å². The number of aromatic nitrogens is 2. The van der Waals surface area contributed by atoms with Crippen molar-refractivity contribution in [3.8, 4) is 11.1 Å². The van der Waals surface area contributed by atoms with Gasteiger partial charge in [-0.15, -0.1) is 0 Å². The van der Waals surface area contributed by atoms with Gasteiger partial charge in [-0.3, -0.25) is 4.79 Å². The third-order valence-electron chi connectivity index (χ3n) is 6.16. The predicted molar refractivity (Wildman–Crippen MR) is 129 cm³/mol. The summed E-state index contributed by atoms with van der Waals surface area (Å²) in [6, 6.07) is 13.9. The number of imidazole rings is 1. The number of carboxylic acids is 1. The van der Waals surface area contributed by atoms with Gasteiger partial charge in [0.1, 0.15) is 18.7 Å². The number of nitrogens with one attached hydrogen (secondary N) is 3. The molecule has 0 saturated heterocycles. The number of nitrogens with zero attached hydrogens (tertiary/aromatic N) is 1. The molecule has 182 valence electrons. The number of carboxylic acid groups (broad SMARTS) is 1. The minimum Gasteiger partial charge on any atom is -0.480 e. The summed E-state index contributed by atoms with van der Waals surface area (Å²) in [7, 11) is 0. The molecule has 4 N–H and O–H groups in total. The first-order valence-electron chi connectivity index (χ1n) is 11.5. The molecule has 1 aliphatic rings. The Labute approximate surface area is 202 Å². The molecule has 0 unspecified atom stereocenters. The van der Waals surface area contributed by atoms with E-state index in [4.69, 9.17) is 4.74 Å². The van der Waals surface area contributed by atoms with Crippen LogP contribution in [0.1, 0.15) is 36.6 Å². The Morgan fingerprint density at radius 3 is 2.20 bits per heavy atom. The Hall–Kier alpha value is -4.14. The molecule has 35 heavy (non-hydrogen) atoms. The summed E-state index contributed by atoms with van der Waals surface area (Å²) in [5.41, 5.74) is 4.98. The molecule has 1 aliphatic carbocycles. The summed E-state index contributed by atoms with van der Waals surface area (Å²) < 4.78 is 5.55. The topological polar surface area (TPSA) is 133 Å². The fraction of sp³-hybridized carbons (Fsp3) is 0.308. The summed E-state index contributed by atoms with van der Waals surface area (Å²) in [5.74, 6) is -2.18. The lowest BCUT2D eigenvalue weighted by Gasteiger charge is -2.24. The lowest BCUT2D eigenvalue weighted by atomic mass is 9.98. The molecule has 0 saturated carbocycles. The van der Waals surface area contributed by atoms with Crippen LogP contribution in [0.2, 0.25) is 0 Å². The maximum atomic E-state index is 12.9. The van der Waals surface area contributed by atoms with Crippen LogP contribution in [-0.4, -0.2) is 51.7 Å². The molecule has 9 nitrogen and oxygen atoms in total. The summed E-state index contributed by atoms with van der Waals surface area (Å²) in [6.07, 6.45) is 2.24. The monoisotopic (exact) mass is 476 g/mol. The number of hydrogen-bond donors (Lipinski definition) is 4. The molecular weight excluding hydrogens is 448 g/mol. The zero-order chi connectivity index (χ0) is 24.9. The average Bonchev–Trinajstić information content (AvgIpc) is 3.46. The standard InChI is InChI=1S/C26H28N4O5/c1-15(2)23(24(31)29-22(25(32)33)11-16-12-27-14-28-16)30-26(34)35-13-21-19-9-5-3-7-17(19)18-8-4-6-10-20(18)21/h3-10,12,14-15,21-23H,11,13H2,1-2H3,(H,27,28)(H,29,31)(H,30,34)(H,32,33)/t22-,23+/m1/s1. The highest BCUT2D eigenvalue weighted by Gasteiger charge is 2.32. The summed E-state index contributed by atoms with van der Waals surface area (Å²) in [5, 5.41) is 14.6. The van der Waals surface area contributed by atoms with E-state index in [1.54, 1.807) is 13.8 Å². The van der Waals surface area contributed by atoms with E-state index in [0.717, 1.165) is 22.3 Å². The van der Waals surface area contributed by atoms with Gasteiger partial charge in [-0.1, -0.05) is 62.4 Å². The first-order chi connectivity index (χ1) is 16.8. The second kappa shape index (κ2) is 10.4. The maximum absolute atomic E-state index is 12.9. The number of ether oxygens (including phenoxy) is 1. The van der Waals surface area contributed by atoms with Gasteiger partial charge >= 0.3 is 12.1 Å². The molecular formula is C26H28N4O5. The second-order valence-corrected chi connectivity index (χ2v) is 8.87. The van der Waals surface area contributed by atoms with Crippen molar-refractivity contribution in [2.24, 2.45) is 5.92 Å². The number of alkyl carbamates (subject to hydrolysis) is 1. The van der Waals surface area contributed by atoms with E-state index in [2.05, 4.69) is 32.7 Å². The fourth-order valence-corrected chi connectivity index (χ4v) is 4.38. The first-order valence-corrected chi connectivity index (χ1v) is 11.5. The first kappa shape index (κ1) is 24.0. The van der Waals surface area contributed by atoms with Gasteiger partial charge in [-0.25, -0.2) is 14.6 Å². The molecule has 0 spiro atoms. The van der Waals surface area contributed by atoms with E-state index in [1.165, 1.54) is 12.5 Å². The van der Waals surface area contributed by atoms with Gasteiger partial charge in [-0.05, 0) is 28.2 Å². The van der Waals surface area contributed by atoms with Crippen LogP contribution >= 0.6 is 0 Å². The lowest BCUT2D eigenvalue weighted by molar-refractivity contribution is -0.142. The number of rotatable bonds is 9. The lowest BCUT2D eigenvalue weighted by Crippen LogP contribution is -2.54. The van der Waals surface area contributed by atoms with Gasteiger partial charge in [0.2, 0.25) is 5.91 Å². The number of aromatic amines is 1. The molecule has 4 rings (SSSR count). The Kier molecular flexibility index (Phi) is 7.14. The molecule has 3 aromatic rings. The molecule has 0 fully saturated rings. The van der Waals surface area contributed by atoms with E-state index in [1.807, 2.05) is 36.4 Å². The van der Waals surface area contributed by atoms with Gasteiger partial charge < -0.3 is 25.5 Å². The van der Waals surface area contributed by atoms with E-state index in [9.17, 15) is 19.5 Å². The van der Waals surface area contributed by atoms with Gasteiger partial charge in [0.25, 0.3) is 0 Å². The number of carbonyl (C=O) groups excluding carboxylic acids is 2. The van der Waals surface area contributed by atoms with Crippen LogP contribution < -0.4 is 10.6 Å². The molecule has 1 aromatic heterocycles. The van der Waals surface area contributed by atoms with Gasteiger partial charge in [0.15, 0.2) is 0 Å². The second-order valence-electron chi connectivity index (χ2n) is 8.87. The van der Waals surface area contributed by atoms with Crippen molar-refractivity contribution < 1.29 is 24.2 Å². The summed E-state index contributed by atoms with van der Waals surface area (Å²) in [4.78, 5) is 43.9. The fourth-order valence-electron chi connectivity index (χ4n) is 4.38. The smallest absolute Gasteiger partial charge is 0.407 e. The zero-order valence-corrected chi connectivity index (χ0v) is 19.5. The van der Waals surface area contributed by atoms with E-state index >= 15 is 0 Å². The van der Waals surface area contributed by atoms with Crippen molar-refractivity contribution in [1.29, 1.82) is 0 Å². The van der Waals surface area contributed by atoms with Crippen molar-refractivity contribution in [3.05, 3.63) is 77.9 Å². The van der Waals surface area contributed by atoms with Crippen LogP contribution in [0.5, 0.6) is 0 Å². The summed E-state index contributed by atoms with van der Waals surface area (Å²) in [6.45, 7) is 3.64. The number of amides is 2. The third-order valence-corrected chi connectivity index (χ3v) is 6.16. The Balaban J connectivity index is 1.39. The Morgan fingerprint density at radius 1 is 1.03 bits per heavy atom. The highest BCUT2D eigenvalue weighted by molar-refractivity contribution is 5.89. The number of fused-ring (bicyclic) bond motifs is 3. The van der Waals surface area contributed by atoms with Crippen LogP contribution in [0, 0.1) is 5.92 Å². The number of carbonyl (C=O) groups is 3. The van der Waals surface area contributed by atoms with E-state index < -0.39 is 30.1 Å². The molecule has 9 heteroatoms. The van der Waals surface area contributed by atoms with E-state index in [-0.39, 0.29) is 24.9 Å². The van der Waals surface area contributed by atoms with Crippen molar-refractivity contribution in [1.82, 2.24) is 20.6 Å². The highest BCUT2D eigenvalue weighted by Crippen LogP contribution is 2.44.